The molecule has 1 heterocycles. The Bertz CT molecular complexity index is 545. The molecule has 19 heavy (non-hydrogen) atoms. The fourth-order valence-electron chi connectivity index (χ4n) is 2.02. The van der Waals surface area contributed by atoms with E-state index in [9.17, 15) is 0 Å². The maximum Gasteiger partial charge on any atom is 0.137 e. The van der Waals surface area contributed by atoms with Crippen LogP contribution in [0, 0.1) is 0 Å². The van der Waals surface area contributed by atoms with E-state index in [1.54, 1.807) is 13.3 Å². The molecule has 1 aromatic carbocycles. The van der Waals surface area contributed by atoms with Crippen molar-refractivity contribution in [3.05, 3.63) is 58.9 Å². The second-order valence-corrected chi connectivity index (χ2v) is 4.77. The Morgan fingerprint density at radius 2 is 2.16 bits per heavy atom. The van der Waals surface area contributed by atoms with Gasteiger partial charge in [0.2, 0.25) is 0 Å². The highest BCUT2D eigenvalue weighted by Crippen LogP contribution is 2.22. The molecule has 1 N–H and O–H groups in total. The van der Waals surface area contributed by atoms with Crippen molar-refractivity contribution in [1.82, 2.24) is 10.3 Å². The zero-order valence-corrected chi connectivity index (χ0v) is 11.8. The highest BCUT2D eigenvalue weighted by Gasteiger charge is 2.11. The summed E-state index contributed by atoms with van der Waals surface area (Å²) in [7, 11) is 3.58. The Hall–Kier alpha value is -1.58. The molecule has 0 spiro atoms. The van der Waals surface area contributed by atoms with E-state index in [1.807, 2.05) is 37.5 Å². The van der Waals surface area contributed by atoms with E-state index in [0.29, 0.717) is 0 Å². The second-order valence-electron chi connectivity index (χ2n) is 4.33. The van der Waals surface area contributed by atoms with Crippen LogP contribution in [0.4, 0.5) is 0 Å². The van der Waals surface area contributed by atoms with Crippen LogP contribution in [0.3, 0.4) is 0 Å². The third-order valence-electron chi connectivity index (χ3n) is 3.05. The molecule has 1 atom stereocenters. The van der Waals surface area contributed by atoms with E-state index in [0.717, 1.165) is 22.8 Å². The SMILES string of the molecule is CNC(Cc1cccc(Cl)c1)c1cncc(OC)c1. The highest BCUT2D eigenvalue weighted by atomic mass is 35.5. The average molecular weight is 277 g/mol. The van der Waals surface area contributed by atoms with Crippen molar-refractivity contribution in [2.45, 2.75) is 12.5 Å². The zero-order chi connectivity index (χ0) is 13.7. The normalized spacial score (nSPS) is 12.2. The number of nitrogens with one attached hydrogen (secondary N) is 1. The Labute approximate surface area is 118 Å². The van der Waals surface area contributed by atoms with E-state index in [-0.39, 0.29) is 6.04 Å². The molecular weight excluding hydrogens is 260 g/mol. The number of benzene rings is 1. The van der Waals surface area contributed by atoms with Crippen LogP contribution in [0.2, 0.25) is 5.02 Å². The number of pyridine rings is 1. The fraction of sp³-hybridized carbons (Fsp3) is 0.267. The molecule has 0 saturated carbocycles. The summed E-state index contributed by atoms with van der Waals surface area (Å²) < 4.78 is 5.21. The first-order valence-electron chi connectivity index (χ1n) is 6.13. The lowest BCUT2D eigenvalue weighted by Crippen LogP contribution is -2.19. The van der Waals surface area contributed by atoms with Crippen LogP contribution in [0.15, 0.2) is 42.7 Å². The molecule has 0 amide bonds. The summed E-state index contributed by atoms with van der Waals surface area (Å²) in [4.78, 5) is 4.19. The van der Waals surface area contributed by atoms with E-state index >= 15 is 0 Å². The zero-order valence-electron chi connectivity index (χ0n) is 11.1. The quantitative estimate of drug-likeness (QED) is 0.910. The molecule has 2 aromatic rings. The van der Waals surface area contributed by atoms with E-state index in [2.05, 4.69) is 16.4 Å². The van der Waals surface area contributed by atoms with Crippen LogP contribution in [-0.4, -0.2) is 19.1 Å². The third kappa shape index (κ3) is 3.69. The summed E-state index contributed by atoms with van der Waals surface area (Å²) in [6, 6.07) is 10.1. The van der Waals surface area contributed by atoms with Crippen LogP contribution in [-0.2, 0) is 6.42 Å². The summed E-state index contributed by atoms with van der Waals surface area (Å²) in [6.07, 6.45) is 4.41. The van der Waals surface area contributed by atoms with Crippen molar-refractivity contribution in [2.24, 2.45) is 0 Å². The summed E-state index contributed by atoms with van der Waals surface area (Å²) >= 11 is 6.01. The van der Waals surface area contributed by atoms with Gasteiger partial charge in [0, 0.05) is 17.3 Å². The van der Waals surface area contributed by atoms with Crippen molar-refractivity contribution in [1.29, 1.82) is 0 Å². The minimum Gasteiger partial charge on any atom is -0.495 e. The molecule has 2 rings (SSSR count). The van der Waals surface area contributed by atoms with Gasteiger partial charge in [0.25, 0.3) is 0 Å². The van der Waals surface area contributed by atoms with Gasteiger partial charge in [0.15, 0.2) is 0 Å². The molecule has 3 nitrogen and oxygen atoms in total. The average Bonchev–Trinajstić information content (AvgIpc) is 2.45. The molecule has 0 bridgehead atoms. The lowest BCUT2D eigenvalue weighted by molar-refractivity contribution is 0.411. The summed E-state index contributed by atoms with van der Waals surface area (Å²) in [6.45, 7) is 0. The minimum absolute atomic E-state index is 0.182. The van der Waals surface area contributed by atoms with Gasteiger partial charge in [0.1, 0.15) is 5.75 Å². The van der Waals surface area contributed by atoms with Gasteiger partial charge >= 0.3 is 0 Å². The van der Waals surface area contributed by atoms with Crippen molar-refractivity contribution < 1.29 is 4.74 Å². The van der Waals surface area contributed by atoms with Crippen LogP contribution in [0.1, 0.15) is 17.2 Å². The van der Waals surface area contributed by atoms with Gasteiger partial charge < -0.3 is 10.1 Å². The highest BCUT2D eigenvalue weighted by molar-refractivity contribution is 6.30. The molecule has 0 aliphatic rings. The number of likely N-dealkylation sites (N-methyl/N-ethyl adjacent to an activating group) is 1. The van der Waals surface area contributed by atoms with Crippen molar-refractivity contribution in [3.8, 4) is 5.75 Å². The summed E-state index contributed by atoms with van der Waals surface area (Å²) in [5.74, 6) is 0.767. The standard InChI is InChI=1S/C15H17ClN2O/c1-17-15(7-11-4-3-5-13(16)6-11)12-8-14(19-2)10-18-9-12/h3-6,8-10,15,17H,7H2,1-2H3. The molecule has 1 aromatic heterocycles. The molecule has 0 radical (unpaired) electrons. The molecule has 1 unspecified atom stereocenters. The number of hydrogen-bond donors (Lipinski definition) is 1. The van der Waals surface area contributed by atoms with Gasteiger partial charge in [-0.3, -0.25) is 4.98 Å². The van der Waals surface area contributed by atoms with Gasteiger partial charge in [-0.25, -0.2) is 0 Å². The predicted molar refractivity (Wildman–Crippen MR) is 77.7 cm³/mol. The number of nitrogens with zero attached hydrogens (tertiary/aromatic N) is 1. The third-order valence-corrected chi connectivity index (χ3v) is 3.28. The molecule has 100 valence electrons. The Kier molecular flexibility index (Phi) is 4.77. The number of aromatic nitrogens is 1. The van der Waals surface area contributed by atoms with E-state index in [4.69, 9.17) is 16.3 Å². The Morgan fingerprint density at radius 3 is 2.84 bits per heavy atom. The first-order valence-corrected chi connectivity index (χ1v) is 6.51. The van der Waals surface area contributed by atoms with Crippen LogP contribution < -0.4 is 10.1 Å². The van der Waals surface area contributed by atoms with Gasteiger partial charge in [0.05, 0.1) is 13.3 Å². The molecule has 0 aliphatic carbocycles. The second kappa shape index (κ2) is 6.55. The number of methoxy groups -OCH3 is 1. The van der Waals surface area contributed by atoms with Crippen molar-refractivity contribution >= 4 is 11.6 Å². The Morgan fingerprint density at radius 1 is 1.32 bits per heavy atom. The van der Waals surface area contributed by atoms with Gasteiger partial charge in [-0.15, -0.1) is 0 Å². The molecular formula is C15H17ClN2O. The first-order chi connectivity index (χ1) is 9.22. The molecule has 0 fully saturated rings. The molecule has 4 heteroatoms. The maximum atomic E-state index is 6.01. The predicted octanol–water partition coefficient (Wildman–Crippen LogP) is 3.25. The smallest absolute Gasteiger partial charge is 0.137 e. The monoisotopic (exact) mass is 276 g/mol. The molecule has 0 saturated heterocycles. The van der Waals surface area contributed by atoms with E-state index < -0.39 is 0 Å². The van der Waals surface area contributed by atoms with Gasteiger partial charge in [-0.05, 0) is 42.8 Å². The minimum atomic E-state index is 0.182. The fourth-order valence-corrected chi connectivity index (χ4v) is 2.24. The maximum absolute atomic E-state index is 6.01. The number of ether oxygens (including phenoxy) is 1. The van der Waals surface area contributed by atoms with Crippen LogP contribution in [0.5, 0.6) is 5.75 Å². The molecule has 0 aliphatic heterocycles. The van der Waals surface area contributed by atoms with E-state index in [1.165, 1.54) is 5.56 Å². The van der Waals surface area contributed by atoms with Gasteiger partial charge in [-0.2, -0.15) is 0 Å². The number of halogens is 1. The van der Waals surface area contributed by atoms with Gasteiger partial charge in [-0.1, -0.05) is 23.7 Å². The number of hydrogen-bond acceptors (Lipinski definition) is 3. The van der Waals surface area contributed by atoms with Crippen LogP contribution in [0.25, 0.3) is 0 Å². The van der Waals surface area contributed by atoms with Crippen molar-refractivity contribution in [3.63, 3.8) is 0 Å². The lowest BCUT2D eigenvalue weighted by atomic mass is 10.0. The summed E-state index contributed by atoms with van der Waals surface area (Å²) in [5, 5.41) is 4.06. The summed E-state index contributed by atoms with van der Waals surface area (Å²) in [5.41, 5.74) is 2.29. The lowest BCUT2D eigenvalue weighted by Gasteiger charge is -2.17. The number of rotatable bonds is 5. The largest absolute Gasteiger partial charge is 0.495 e. The van der Waals surface area contributed by atoms with Crippen molar-refractivity contribution in [2.75, 3.05) is 14.2 Å². The Balaban J connectivity index is 2.19. The first kappa shape index (κ1) is 13.8. The topological polar surface area (TPSA) is 34.2 Å². The van der Waals surface area contributed by atoms with Crippen LogP contribution >= 0.6 is 11.6 Å².